The van der Waals surface area contributed by atoms with Crippen molar-refractivity contribution < 1.29 is 53.7 Å². The molecule has 0 aromatic rings. The van der Waals surface area contributed by atoms with E-state index in [2.05, 4.69) is 31.9 Å². The zero-order valence-corrected chi connectivity index (χ0v) is 28.9. The van der Waals surface area contributed by atoms with Gasteiger partial charge in [0.2, 0.25) is 29.5 Å². The van der Waals surface area contributed by atoms with Crippen LogP contribution in [0.2, 0.25) is 0 Å². The van der Waals surface area contributed by atoms with E-state index in [0.717, 1.165) is 0 Å². The Morgan fingerprint density at radius 2 is 1.24 bits per heavy atom. The first kappa shape index (κ1) is 45.0. The predicted molar refractivity (Wildman–Crippen MR) is 178 cm³/mol. The lowest BCUT2D eigenvalue weighted by molar-refractivity contribution is -0.144. The largest absolute Gasteiger partial charge is 0.481 e. The average molecular weight is 716 g/mol. The molecule has 6 atom stereocenters. The molecule has 0 aliphatic rings. The Morgan fingerprint density at radius 3 is 1.74 bits per heavy atom. The second-order valence-electron chi connectivity index (χ2n) is 12.3. The molecule has 14 N–H and O–H groups in total. The van der Waals surface area contributed by atoms with Gasteiger partial charge in [0.05, 0.1) is 12.6 Å². The monoisotopic (exact) mass is 715 g/mol. The van der Waals surface area contributed by atoms with Crippen LogP contribution in [-0.4, -0.2) is 112 Å². The summed E-state index contributed by atoms with van der Waals surface area (Å²) in [6.07, 6.45) is -0.704. The standard InChI is InChI=1S/C30H53N9O11/c1-5-16(4)24(28(48)37-19(29(49)50)9-11-23(43)44)39-21(40)14-35-26(46)18(8-10-22(41)42)36-27(47)20(13-15(2)3)38-25(45)17(31)7-6-12-34-30(32)33/h15-20,24H,5-14,31H2,1-4H3,(H,35,46)(H,36,47)(H,37,48)(H,38,45)(H,39,40)(H,41,42)(H,43,44)(H,49,50)(H4,32,33,34)/t16-,17-,18-,19-,20-,24-/m0/s1. The van der Waals surface area contributed by atoms with E-state index in [4.69, 9.17) is 22.0 Å². The van der Waals surface area contributed by atoms with Gasteiger partial charge in [0.1, 0.15) is 24.2 Å². The Morgan fingerprint density at radius 1 is 0.700 bits per heavy atom. The molecule has 20 nitrogen and oxygen atoms in total. The molecule has 0 aliphatic carbocycles. The van der Waals surface area contributed by atoms with Crippen LogP contribution in [0.25, 0.3) is 0 Å². The molecule has 0 saturated carbocycles. The van der Waals surface area contributed by atoms with Gasteiger partial charge in [-0.05, 0) is 43.9 Å². The lowest BCUT2D eigenvalue weighted by atomic mass is 9.97. The van der Waals surface area contributed by atoms with Gasteiger partial charge in [-0.1, -0.05) is 34.1 Å². The zero-order valence-electron chi connectivity index (χ0n) is 28.9. The number of rotatable bonds is 25. The molecule has 0 saturated heterocycles. The van der Waals surface area contributed by atoms with Gasteiger partial charge >= 0.3 is 17.9 Å². The van der Waals surface area contributed by atoms with Crippen LogP contribution in [0.4, 0.5) is 0 Å². The Bertz CT molecular complexity index is 1210. The average Bonchev–Trinajstić information content (AvgIpc) is 3.02. The van der Waals surface area contributed by atoms with Crippen LogP contribution in [0.5, 0.6) is 0 Å². The molecule has 0 aromatic carbocycles. The quantitative estimate of drug-likeness (QED) is 0.0265. The molecule has 0 radical (unpaired) electrons. The molecule has 0 aliphatic heterocycles. The van der Waals surface area contributed by atoms with Crippen molar-refractivity contribution in [3.8, 4) is 0 Å². The lowest BCUT2D eigenvalue weighted by Crippen LogP contribution is -2.57. The molecular formula is C30H53N9O11. The van der Waals surface area contributed by atoms with E-state index >= 15 is 0 Å². The first-order valence-corrected chi connectivity index (χ1v) is 16.3. The van der Waals surface area contributed by atoms with Crippen molar-refractivity contribution in [1.82, 2.24) is 31.9 Å². The van der Waals surface area contributed by atoms with Crippen LogP contribution in [0.15, 0.2) is 0 Å². The number of carboxylic acid groups (broad SMARTS) is 3. The number of hydrogen-bond acceptors (Lipinski definition) is 10. The zero-order chi connectivity index (χ0) is 38.6. The highest BCUT2D eigenvalue weighted by Crippen LogP contribution is 2.10. The first-order valence-electron chi connectivity index (χ1n) is 16.3. The van der Waals surface area contributed by atoms with Crippen molar-refractivity contribution in [2.75, 3.05) is 13.1 Å². The molecule has 284 valence electrons. The number of amides is 5. The number of hydrogen-bond donors (Lipinski definition) is 12. The van der Waals surface area contributed by atoms with Crippen LogP contribution >= 0.6 is 0 Å². The van der Waals surface area contributed by atoms with E-state index in [-0.39, 0.29) is 31.1 Å². The summed E-state index contributed by atoms with van der Waals surface area (Å²) in [7, 11) is 0. The highest BCUT2D eigenvalue weighted by molar-refractivity contribution is 5.95. The molecule has 20 heteroatoms. The molecule has 0 aromatic heterocycles. The van der Waals surface area contributed by atoms with Crippen molar-refractivity contribution in [3.05, 3.63) is 0 Å². The minimum Gasteiger partial charge on any atom is -0.481 e. The Hall–Kier alpha value is -5.01. The number of guanidine groups is 1. The molecule has 0 fully saturated rings. The molecular weight excluding hydrogens is 662 g/mol. The summed E-state index contributed by atoms with van der Waals surface area (Å²) in [5.41, 5.74) is 11.2. The lowest BCUT2D eigenvalue weighted by Gasteiger charge is -2.26. The van der Waals surface area contributed by atoms with Crippen molar-refractivity contribution in [3.63, 3.8) is 0 Å². The molecule has 0 rings (SSSR count). The first-order chi connectivity index (χ1) is 23.3. The Labute approximate surface area is 290 Å². The summed E-state index contributed by atoms with van der Waals surface area (Å²) in [6, 6.07) is -6.38. The molecule has 5 amide bonds. The number of carboxylic acids is 3. The minimum atomic E-state index is -1.53. The van der Waals surface area contributed by atoms with Gasteiger partial charge in [0, 0.05) is 19.4 Å². The summed E-state index contributed by atoms with van der Waals surface area (Å²) < 4.78 is 0. The van der Waals surface area contributed by atoms with Crippen molar-refractivity contribution in [2.45, 2.75) is 109 Å². The summed E-state index contributed by atoms with van der Waals surface area (Å²) in [4.78, 5) is 98.6. The van der Waals surface area contributed by atoms with Gasteiger partial charge < -0.3 is 58.7 Å². The van der Waals surface area contributed by atoms with Crippen molar-refractivity contribution >= 4 is 53.4 Å². The van der Waals surface area contributed by atoms with E-state index in [1.54, 1.807) is 27.7 Å². The molecule has 0 spiro atoms. The van der Waals surface area contributed by atoms with Gasteiger partial charge in [-0.3, -0.25) is 39.0 Å². The number of carbonyl (C=O) groups is 8. The van der Waals surface area contributed by atoms with E-state index in [0.29, 0.717) is 19.4 Å². The van der Waals surface area contributed by atoms with E-state index in [9.17, 15) is 48.6 Å². The third-order valence-electron chi connectivity index (χ3n) is 7.46. The third kappa shape index (κ3) is 19.1. The van der Waals surface area contributed by atoms with Gasteiger partial charge in [-0.15, -0.1) is 0 Å². The Balaban J connectivity index is 5.63. The van der Waals surface area contributed by atoms with Gasteiger partial charge in [0.15, 0.2) is 5.96 Å². The van der Waals surface area contributed by atoms with Gasteiger partial charge in [-0.25, -0.2) is 4.79 Å². The molecule has 0 heterocycles. The smallest absolute Gasteiger partial charge is 0.326 e. The number of aliphatic carboxylic acids is 3. The maximum Gasteiger partial charge on any atom is 0.326 e. The van der Waals surface area contributed by atoms with Crippen LogP contribution in [0.1, 0.15) is 79.1 Å². The predicted octanol–water partition coefficient (Wildman–Crippen LogP) is -2.46. The fourth-order valence-electron chi connectivity index (χ4n) is 4.47. The maximum absolute atomic E-state index is 13.3. The highest BCUT2D eigenvalue weighted by Gasteiger charge is 2.32. The van der Waals surface area contributed by atoms with Crippen LogP contribution < -0.4 is 43.4 Å². The fourth-order valence-corrected chi connectivity index (χ4v) is 4.47. The summed E-state index contributed by atoms with van der Waals surface area (Å²) in [5.74, 6) is -8.95. The van der Waals surface area contributed by atoms with Crippen molar-refractivity contribution in [1.29, 1.82) is 5.41 Å². The van der Waals surface area contributed by atoms with Crippen LogP contribution in [0, 0.1) is 17.2 Å². The van der Waals surface area contributed by atoms with Crippen LogP contribution in [-0.2, 0) is 38.4 Å². The summed E-state index contributed by atoms with van der Waals surface area (Å²) in [5, 5.41) is 49.1. The minimum absolute atomic E-state index is 0.101. The molecule has 0 bridgehead atoms. The van der Waals surface area contributed by atoms with Crippen LogP contribution in [0.3, 0.4) is 0 Å². The second-order valence-corrected chi connectivity index (χ2v) is 12.3. The topological polar surface area (TPSA) is 345 Å². The SMILES string of the molecule is CC[C@H](C)[C@H](NC(=O)CNC(=O)[C@H](CCC(=O)O)NC(=O)[C@H](CC(C)C)NC(=O)[C@@H](N)CCCNC(=N)N)C(=O)N[C@@H](CCC(=O)O)C(=O)O. The summed E-state index contributed by atoms with van der Waals surface area (Å²) in [6.45, 7) is 6.49. The number of carbonyl (C=O) groups excluding carboxylic acids is 5. The molecule has 0 unspecified atom stereocenters. The van der Waals surface area contributed by atoms with Crippen molar-refractivity contribution in [2.24, 2.45) is 23.3 Å². The van der Waals surface area contributed by atoms with Gasteiger partial charge in [-0.2, -0.15) is 0 Å². The van der Waals surface area contributed by atoms with E-state index < -0.39 is 109 Å². The third-order valence-corrected chi connectivity index (χ3v) is 7.46. The maximum atomic E-state index is 13.3. The Kier molecular flexibility index (Phi) is 21.0. The van der Waals surface area contributed by atoms with Gasteiger partial charge in [0.25, 0.3) is 0 Å². The summed E-state index contributed by atoms with van der Waals surface area (Å²) >= 11 is 0. The molecule has 50 heavy (non-hydrogen) atoms. The van der Waals surface area contributed by atoms with E-state index in [1.807, 2.05) is 0 Å². The second kappa shape index (κ2) is 23.4. The van der Waals surface area contributed by atoms with E-state index in [1.165, 1.54) is 0 Å². The highest BCUT2D eigenvalue weighted by atomic mass is 16.4. The number of nitrogens with one attached hydrogen (secondary N) is 7. The fraction of sp³-hybridized carbons (Fsp3) is 0.700. The normalized spacial score (nSPS) is 14.4. The number of nitrogens with two attached hydrogens (primary N) is 2.